The first kappa shape index (κ1) is 12.0. The summed E-state index contributed by atoms with van der Waals surface area (Å²) in [6.07, 6.45) is 10.3. The molecule has 0 spiro atoms. The lowest BCUT2D eigenvalue weighted by atomic mass is 9.93. The zero-order valence-corrected chi connectivity index (χ0v) is 11.3. The molecule has 1 N–H and O–H groups in total. The summed E-state index contributed by atoms with van der Waals surface area (Å²) in [5.74, 6) is 2.13. The molecule has 1 aliphatic heterocycles. The molecule has 0 aromatic rings. The van der Waals surface area contributed by atoms with Crippen molar-refractivity contribution in [1.29, 1.82) is 0 Å². The molecule has 2 saturated carbocycles. The maximum atomic E-state index is 3.71. The van der Waals surface area contributed by atoms with Crippen LogP contribution in [0.15, 0.2) is 0 Å². The first-order valence-corrected chi connectivity index (χ1v) is 7.84. The molecule has 0 radical (unpaired) electrons. The molecule has 98 valence electrons. The highest BCUT2D eigenvalue weighted by Crippen LogP contribution is 2.46. The molecule has 3 aliphatic rings. The number of rotatable bonds is 4. The molecule has 2 aliphatic carbocycles. The minimum atomic E-state index is 0.780. The third-order valence-electron chi connectivity index (χ3n) is 5.44. The van der Waals surface area contributed by atoms with Crippen LogP contribution in [0.2, 0.25) is 0 Å². The van der Waals surface area contributed by atoms with Crippen LogP contribution in [0, 0.1) is 11.8 Å². The summed E-state index contributed by atoms with van der Waals surface area (Å²) in [6.45, 7) is 6.17. The van der Waals surface area contributed by atoms with Gasteiger partial charge < -0.3 is 5.32 Å². The first-order valence-electron chi connectivity index (χ1n) is 7.84. The van der Waals surface area contributed by atoms with Gasteiger partial charge in [-0.25, -0.2) is 0 Å². The van der Waals surface area contributed by atoms with Gasteiger partial charge in [-0.05, 0) is 57.0 Å². The summed E-state index contributed by atoms with van der Waals surface area (Å²) in [7, 11) is 0. The Morgan fingerprint density at radius 1 is 1.12 bits per heavy atom. The Bertz CT molecular complexity index is 247. The van der Waals surface area contributed by atoms with Crippen LogP contribution < -0.4 is 5.32 Å². The maximum Gasteiger partial charge on any atom is 0.0195 e. The van der Waals surface area contributed by atoms with E-state index in [4.69, 9.17) is 0 Å². The van der Waals surface area contributed by atoms with Gasteiger partial charge in [0.15, 0.2) is 0 Å². The van der Waals surface area contributed by atoms with Gasteiger partial charge in [-0.3, -0.25) is 4.90 Å². The topological polar surface area (TPSA) is 15.3 Å². The predicted octanol–water partition coefficient (Wildman–Crippen LogP) is 2.64. The van der Waals surface area contributed by atoms with E-state index in [2.05, 4.69) is 17.1 Å². The number of nitrogens with zero attached hydrogens (tertiary/aromatic N) is 1. The highest BCUT2D eigenvalue weighted by atomic mass is 15.2. The number of nitrogens with one attached hydrogen (secondary N) is 1. The summed E-state index contributed by atoms with van der Waals surface area (Å²) >= 11 is 0. The van der Waals surface area contributed by atoms with Crippen LogP contribution in [0.5, 0.6) is 0 Å². The largest absolute Gasteiger partial charge is 0.313 e. The normalized spacial score (nSPS) is 41.3. The van der Waals surface area contributed by atoms with Crippen LogP contribution in [0.4, 0.5) is 0 Å². The Kier molecular flexibility index (Phi) is 3.72. The van der Waals surface area contributed by atoms with E-state index in [-0.39, 0.29) is 0 Å². The van der Waals surface area contributed by atoms with Crippen molar-refractivity contribution >= 4 is 0 Å². The second-order valence-corrected chi connectivity index (χ2v) is 6.48. The third kappa shape index (κ3) is 2.53. The Labute approximate surface area is 106 Å². The van der Waals surface area contributed by atoms with Crippen LogP contribution >= 0.6 is 0 Å². The van der Waals surface area contributed by atoms with Crippen LogP contribution in [0.25, 0.3) is 0 Å². The summed E-state index contributed by atoms with van der Waals surface area (Å²) < 4.78 is 0. The monoisotopic (exact) mass is 236 g/mol. The molecule has 0 aromatic heterocycles. The van der Waals surface area contributed by atoms with Crippen LogP contribution in [0.3, 0.4) is 0 Å². The van der Waals surface area contributed by atoms with Gasteiger partial charge >= 0.3 is 0 Å². The predicted molar refractivity (Wildman–Crippen MR) is 72.1 cm³/mol. The lowest BCUT2D eigenvalue weighted by Gasteiger charge is -2.37. The van der Waals surface area contributed by atoms with E-state index in [1.807, 2.05) is 0 Å². The molecule has 4 unspecified atom stereocenters. The van der Waals surface area contributed by atoms with Crippen molar-refractivity contribution in [3.63, 3.8) is 0 Å². The van der Waals surface area contributed by atoms with Crippen molar-refractivity contribution in [1.82, 2.24) is 10.2 Å². The average Bonchev–Trinajstić information content (AvgIpc) is 2.99. The van der Waals surface area contributed by atoms with Gasteiger partial charge in [0, 0.05) is 18.6 Å². The zero-order valence-electron chi connectivity index (χ0n) is 11.3. The van der Waals surface area contributed by atoms with Crippen molar-refractivity contribution in [3.05, 3.63) is 0 Å². The molecule has 2 nitrogen and oxygen atoms in total. The minimum Gasteiger partial charge on any atom is -0.313 e. The summed E-state index contributed by atoms with van der Waals surface area (Å²) in [4.78, 5) is 2.80. The number of hydrogen-bond acceptors (Lipinski definition) is 2. The van der Waals surface area contributed by atoms with Gasteiger partial charge in [0.2, 0.25) is 0 Å². The average molecular weight is 236 g/mol. The molecule has 1 saturated heterocycles. The Morgan fingerprint density at radius 3 is 2.65 bits per heavy atom. The third-order valence-corrected chi connectivity index (χ3v) is 5.44. The number of hydrogen-bond donors (Lipinski definition) is 1. The number of piperidine rings is 1. The summed E-state index contributed by atoms with van der Waals surface area (Å²) in [6, 6.07) is 1.71. The van der Waals surface area contributed by atoms with Crippen LogP contribution in [0.1, 0.15) is 51.9 Å². The van der Waals surface area contributed by atoms with Gasteiger partial charge in [-0.2, -0.15) is 0 Å². The Balaban J connectivity index is 1.55. The molecule has 0 aromatic carbocycles. The van der Waals surface area contributed by atoms with Gasteiger partial charge in [-0.15, -0.1) is 0 Å². The lowest BCUT2D eigenvalue weighted by molar-refractivity contribution is 0.129. The fourth-order valence-electron chi connectivity index (χ4n) is 4.52. The van der Waals surface area contributed by atoms with Crippen molar-refractivity contribution in [2.24, 2.45) is 11.8 Å². The quantitative estimate of drug-likeness (QED) is 0.807. The fraction of sp³-hybridized carbons (Fsp3) is 1.00. The zero-order chi connectivity index (χ0) is 11.7. The highest BCUT2D eigenvalue weighted by molar-refractivity contribution is 4.96. The van der Waals surface area contributed by atoms with E-state index in [1.54, 1.807) is 6.42 Å². The van der Waals surface area contributed by atoms with Gasteiger partial charge in [0.25, 0.3) is 0 Å². The van der Waals surface area contributed by atoms with E-state index in [1.165, 1.54) is 58.2 Å². The molecular weight excluding hydrogens is 208 g/mol. The second-order valence-electron chi connectivity index (χ2n) is 6.48. The molecule has 3 rings (SSSR count). The highest BCUT2D eigenvalue weighted by Gasteiger charge is 2.42. The molecule has 2 heteroatoms. The van der Waals surface area contributed by atoms with Gasteiger partial charge in [-0.1, -0.05) is 19.8 Å². The van der Waals surface area contributed by atoms with E-state index >= 15 is 0 Å². The first-order chi connectivity index (χ1) is 8.36. The van der Waals surface area contributed by atoms with Crippen molar-refractivity contribution < 1.29 is 0 Å². The van der Waals surface area contributed by atoms with E-state index in [0.29, 0.717) is 0 Å². The summed E-state index contributed by atoms with van der Waals surface area (Å²) in [5, 5.41) is 3.71. The number of fused-ring (bicyclic) bond motifs is 2. The molecule has 4 atom stereocenters. The van der Waals surface area contributed by atoms with E-state index in [9.17, 15) is 0 Å². The van der Waals surface area contributed by atoms with E-state index < -0.39 is 0 Å². The molecule has 17 heavy (non-hydrogen) atoms. The molecule has 2 bridgehead atoms. The van der Waals surface area contributed by atoms with Crippen LogP contribution in [-0.2, 0) is 0 Å². The molecular formula is C15H28N2. The van der Waals surface area contributed by atoms with Gasteiger partial charge in [0.05, 0.1) is 0 Å². The second kappa shape index (κ2) is 5.27. The molecule has 1 heterocycles. The SMILES string of the molecule is CCN(CC1CCCCN1)C1CC2CCC1C2. The lowest BCUT2D eigenvalue weighted by Crippen LogP contribution is -2.48. The Morgan fingerprint density at radius 2 is 2.06 bits per heavy atom. The number of likely N-dealkylation sites (N-methyl/N-ethyl adjacent to an activating group) is 1. The smallest absolute Gasteiger partial charge is 0.0195 e. The van der Waals surface area contributed by atoms with Gasteiger partial charge in [0.1, 0.15) is 0 Å². The Hall–Kier alpha value is -0.0800. The fourth-order valence-corrected chi connectivity index (χ4v) is 4.52. The molecule has 0 amide bonds. The minimum absolute atomic E-state index is 0.780. The van der Waals surface area contributed by atoms with E-state index in [0.717, 1.165) is 23.9 Å². The standard InChI is InChI=1S/C15H28N2/c1-2-17(11-14-5-3-4-8-16-14)15-10-12-6-7-13(15)9-12/h12-16H,2-11H2,1H3. The van der Waals surface area contributed by atoms with Crippen molar-refractivity contribution in [2.45, 2.75) is 64.0 Å². The molecule has 3 fully saturated rings. The van der Waals surface area contributed by atoms with Crippen LogP contribution in [-0.4, -0.2) is 36.6 Å². The van der Waals surface area contributed by atoms with Crippen molar-refractivity contribution in [2.75, 3.05) is 19.6 Å². The summed E-state index contributed by atoms with van der Waals surface area (Å²) in [5.41, 5.74) is 0. The van der Waals surface area contributed by atoms with Crippen molar-refractivity contribution in [3.8, 4) is 0 Å². The maximum absolute atomic E-state index is 3.71.